The highest BCUT2D eigenvalue weighted by molar-refractivity contribution is 5.90. The van der Waals surface area contributed by atoms with Crippen LogP contribution < -0.4 is 15.4 Å². The zero-order chi connectivity index (χ0) is 22.6. The van der Waals surface area contributed by atoms with Gasteiger partial charge in [-0.1, -0.05) is 12.1 Å². The Hall–Kier alpha value is -3.20. The zero-order valence-corrected chi connectivity index (χ0v) is 18.3. The third-order valence-electron chi connectivity index (χ3n) is 6.18. The molecule has 0 radical (unpaired) electrons. The van der Waals surface area contributed by atoms with Crippen LogP contribution in [-0.4, -0.2) is 71.7 Å². The van der Waals surface area contributed by atoms with Gasteiger partial charge in [-0.3, -0.25) is 9.59 Å². The number of hydrogen-bond donors (Lipinski definition) is 3. The van der Waals surface area contributed by atoms with Crippen LogP contribution in [0.2, 0.25) is 0 Å². The van der Waals surface area contributed by atoms with Crippen LogP contribution in [0.5, 0.6) is 5.88 Å². The van der Waals surface area contributed by atoms with Crippen LogP contribution in [0.4, 0.5) is 5.82 Å². The van der Waals surface area contributed by atoms with E-state index in [9.17, 15) is 9.59 Å². The molecule has 0 unspecified atom stereocenters. The van der Waals surface area contributed by atoms with Gasteiger partial charge in [0.05, 0.1) is 13.5 Å². The molecule has 32 heavy (non-hydrogen) atoms. The van der Waals surface area contributed by atoms with Crippen molar-refractivity contribution in [1.82, 2.24) is 20.2 Å². The smallest absolute Gasteiger partial charge is 0.305 e. The summed E-state index contributed by atoms with van der Waals surface area (Å²) in [6.45, 7) is 2.95. The van der Waals surface area contributed by atoms with Crippen LogP contribution in [0, 0.1) is 0 Å². The normalized spacial score (nSPS) is 16.9. The summed E-state index contributed by atoms with van der Waals surface area (Å²) < 4.78 is 5.13. The summed E-state index contributed by atoms with van der Waals surface area (Å²) in [6.07, 6.45) is 4.57. The summed E-state index contributed by atoms with van der Waals surface area (Å²) in [5.41, 5.74) is 2.36. The lowest BCUT2D eigenvalue weighted by Gasteiger charge is -2.49. The number of anilines is 1. The number of nitrogens with zero attached hydrogens (tertiary/aromatic N) is 3. The molecule has 0 aliphatic carbocycles. The Morgan fingerprint density at radius 2 is 2.12 bits per heavy atom. The van der Waals surface area contributed by atoms with Crippen molar-refractivity contribution in [2.45, 2.75) is 31.1 Å². The maximum atomic E-state index is 13.1. The van der Waals surface area contributed by atoms with E-state index in [-0.39, 0.29) is 18.9 Å². The van der Waals surface area contributed by atoms with Crippen molar-refractivity contribution in [3.05, 3.63) is 47.3 Å². The molecule has 1 fully saturated rings. The molecule has 4 rings (SSSR count). The number of aliphatic carboxylic acids is 1. The van der Waals surface area contributed by atoms with E-state index in [1.54, 1.807) is 19.4 Å². The number of aryl methyl sites for hydroxylation is 1. The van der Waals surface area contributed by atoms with E-state index in [0.29, 0.717) is 19.0 Å². The highest BCUT2D eigenvalue weighted by Crippen LogP contribution is 2.35. The molecule has 0 atom stereocenters. The highest BCUT2D eigenvalue weighted by atomic mass is 16.5. The topological polar surface area (TPSA) is 117 Å². The number of carboxylic acid groups (broad SMARTS) is 1. The minimum absolute atomic E-state index is 0.103. The second kappa shape index (κ2) is 9.52. The van der Waals surface area contributed by atoms with E-state index >= 15 is 0 Å². The molecule has 3 N–H and O–H groups in total. The molecule has 2 aliphatic heterocycles. The van der Waals surface area contributed by atoms with Gasteiger partial charge in [0.2, 0.25) is 11.8 Å². The Kier molecular flexibility index (Phi) is 6.55. The Labute approximate surface area is 187 Å². The monoisotopic (exact) mass is 439 g/mol. The Balaban J connectivity index is 1.41. The van der Waals surface area contributed by atoms with E-state index in [0.717, 1.165) is 49.4 Å². The molecule has 9 nitrogen and oxygen atoms in total. The first-order chi connectivity index (χ1) is 15.5. The van der Waals surface area contributed by atoms with Crippen molar-refractivity contribution in [3.63, 3.8) is 0 Å². The SMILES string of the molecule is COc1ccc(C2(C(=O)NCCC(=O)O)CN(CCc3ccc4c(n3)NCCC4)C2)cn1. The molecule has 170 valence electrons. The standard InChI is InChI=1S/C23H29N5O4/c1-32-19-7-5-17(13-26-19)23(22(31)25-11-8-20(29)30)14-28(15-23)12-9-18-6-4-16-3-2-10-24-21(16)27-18/h4-7,13H,2-3,8-12,14-15H2,1H3,(H,24,27)(H,25,31)(H,29,30). The number of rotatable bonds is 9. The largest absolute Gasteiger partial charge is 0.481 e. The lowest BCUT2D eigenvalue weighted by molar-refractivity contribution is -0.137. The molecule has 2 aromatic rings. The number of carbonyl (C=O) groups excluding carboxylic acids is 1. The predicted octanol–water partition coefficient (Wildman–Crippen LogP) is 1.23. The number of nitrogens with one attached hydrogen (secondary N) is 2. The summed E-state index contributed by atoms with van der Waals surface area (Å²) in [7, 11) is 1.55. The maximum absolute atomic E-state index is 13.1. The molecule has 1 amide bonds. The number of hydrogen-bond acceptors (Lipinski definition) is 7. The van der Waals surface area contributed by atoms with Gasteiger partial charge in [-0.05, 0) is 30.0 Å². The van der Waals surface area contributed by atoms with Gasteiger partial charge < -0.3 is 25.4 Å². The van der Waals surface area contributed by atoms with Crippen molar-refractivity contribution >= 4 is 17.7 Å². The van der Waals surface area contributed by atoms with Gasteiger partial charge >= 0.3 is 5.97 Å². The van der Waals surface area contributed by atoms with Crippen LogP contribution in [0.3, 0.4) is 0 Å². The first-order valence-corrected chi connectivity index (χ1v) is 11.0. The Bertz CT molecular complexity index is 973. The summed E-state index contributed by atoms with van der Waals surface area (Å²) in [5.74, 6) is 0.373. The molecule has 9 heteroatoms. The number of pyridine rings is 2. The second-order valence-electron chi connectivity index (χ2n) is 8.37. The van der Waals surface area contributed by atoms with Crippen LogP contribution >= 0.6 is 0 Å². The molecule has 0 saturated carbocycles. The number of ether oxygens (including phenoxy) is 1. The van der Waals surface area contributed by atoms with Crippen molar-refractivity contribution < 1.29 is 19.4 Å². The number of fused-ring (bicyclic) bond motifs is 1. The predicted molar refractivity (Wildman–Crippen MR) is 119 cm³/mol. The summed E-state index contributed by atoms with van der Waals surface area (Å²) in [6, 6.07) is 7.85. The molecule has 2 aliphatic rings. The Morgan fingerprint density at radius 3 is 2.84 bits per heavy atom. The van der Waals surface area contributed by atoms with Crippen molar-refractivity contribution in [2.24, 2.45) is 0 Å². The third-order valence-corrected chi connectivity index (χ3v) is 6.18. The van der Waals surface area contributed by atoms with E-state index in [1.165, 1.54) is 5.56 Å². The molecule has 4 heterocycles. The molecular weight excluding hydrogens is 410 g/mol. The number of carboxylic acids is 1. The lowest BCUT2D eigenvalue weighted by atomic mass is 9.73. The number of amides is 1. The molecule has 0 bridgehead atoms. The van der Waals surface area contributed by atoms with Crippen LogP contribution in [0.1, 0.15) is 29.7 Å². The number of carbonyl (C=O) groups is 2. The van der Waals surface area contributed by atoms with Gasteiger partial charge in [-0.25, -0.2) is 9.97 Å². The van der Waals surface area contributed by atoms with Crippen LogP contribution in [-0.2, 0) is 27.8 Å². The Morgan fingerprint density at radius 1 is 1.28 bits per heavy atom. The maximum Gasteiger partial charge on any atom is 0.305 e. The van der Waals surface area contributed by atoms with Gasteiger partial charge in [0, 0.05) is 57.1 Å². The molecule has 0 aromatic carbocycles. The average molecular weight is 440 g/mol. The third kappa shape index (κ3) is 4.67. The fourth-order valence-electron chi connectivity index (χ4n) is 4.35. The molecule has 1 saturated heterocycles. The van der Waals surface area contributed by atoms with Crippen molar-refractivity contribution in [1.29, 1.82) is 0 Å². The van der Waals surface area contributed by atoms with Crippen molar-refractivity contribution in [2.75, 3.05) is 45.2 Å². The van der Waals surface area contributed by atoms with E-state index in [1.807, 2.05) is 6.07 Å². The molecular formula is C23H29N5O4. The van der Waals surface area contributed by atoms with Crippen LogP contribution in [0.25, 0.3) is 0 Å². The second-order valence-corrected chi connectivity index (χ2v) is 8.37. The molecule has 0 spiro atoms. The number of methoxy groups -OCH3 is 1. The van der Waals surface area contributed by atoms with Crippen LogP contribution in [0.15, 0.2) is 30.5 Å². The van der Waals surface area contributed by atoms with E-state index in [4.69, 9.17) is 14.8 Å². The zero-order valence-electron chi connectivity index (χ0n) is 18.3. The van der Waals surface area contributed by atoms with Gasteiger partial charge in [0.15, 0.2) is 0 Å². The summed E-state index contributed by atoms with van der Waals surface area (Å²) in [5, 5.41) is 15.0. The number of likely N-dealkylation sites (tertiary alicyclic amines) is 1. The molecule has 2 aromatic heterocycles. The van der Waals surface area contributed by atoms with Gasteiger partial charge in [-0.2, -0.15) is 0 Å². The fraction of sp³-hybridized carbons (Fsp3) is 0.478. The van der Waals surface area contributed by atoms with Gasteiger partial charge in [0.25, 0.3) is 0 Å². The summed E-state index contributed by atoms with van der Waals surface area (Å²) >= 11 is 0. The fourth-order valence-corrected chi connectivity index (χ4v) is 4.35. The highest BCUT2D eigenvalue weighted by Gasteiger charge is 2.50. The minimum atomic E-state index is -0.937. The minimum Gasteiger partial charge on any atom is -0.481 e. The van der Waals surface area contributed by atoms with E-state index in [2.05, 4.69) is 32.7 Å². The first kappa shape index (κ1) is 22.0. The van der Waals surface area contributed by atoms with Gasteiger partial charge in [0.1, 0.15) is 11.2 Å². The average Bonchev–Trinajstić information content (AvgIpc) is 2.78. The van der Waals surface area contributed by atoms with Crippen molar-refractivity contribution in [3.8, 4) is 5.88 Å². The quantitative estimate of drug-likeness (QED) is 0.534. The van der Waals surface area contributed by atoms with Gasteiger partial charge in [-0.15, -0.1) is 0 Å². The number of aromatic nitrogens is 2. The first-order valence-electron chi connectivity index (χ1n) is 11.0. The van der Waals surface area contributed by atoms with E-state index < -0.39 is 11.4 Å². The summed E-state index contributed by atoms with van der Waals surface area (Å²) in [4.78, 5) is 35.1. The lowest BCUT2D eigenvalue weighted by Crippen LogP contribution is -2.66.